The van der Waals surface area contributed by atoms with Gasteiger partial charge in [0.25, 0.3) is 0 Å². The van der Waals surface area contributed by atoms with Crippen molar-refractivity contribution < 1.29 is 5.11 Å². The van der Waals surface area contributed by atoms with Crippen LogP contribution in [0.2, 0.25) is 5.02 Å². The molecule has 0 spiro atoms. The van der Waals surface area contributed by atoms with Gasteiger partial charge in [0.15, 0.2) is 0 Å². The molecule has 1 aromatic carbocycles. The molecule has 0 saturated heterocycles. The summed E-state index contributed by atoms with van der Waals surface area (Å²) in [7, 11) is 0. The molecule has 13 heavy (non-hydrogen) atoms. The minimum absolute atomic E-state index is 0. The Morgan fingerprint density at radius 3 is 2.15 bits per heavy atom. The summed E-state index contributed by atoms with van der Waals surface area (Å²) in [5.41, 5.74) is 6.32. The first-order valence-electron chi connectivity index (χ1n) is 3.80. The molecule has 0 bridgehead atoms. The first kappa shape index (κ1) is 12.7. The summed E-state index contributed by atoms with van der Waals surface area (Å²) in [6, 6.07) is 6.77. The maximum absolute atomic E-state index is 9.52. The summed E-state index contributed by atoms with van der Waals surface area (Å²) in [6.45, 7) is 1.76. The predicted molar refractivity (Wildman–Crippen MR) is 57.3 cm³/mol. The summed E-state index contributed by atoms with van der Waals surface area (Å²) in [6.07, 6.45) is -0.609. The highest BCUT2D eigenvalue weighted by Gasteiger charge is 2.11. The van der Waals surface area contributed by atoms with E-state index in [1.807, 2.05) is 0 Å². The molecule has 0 saturated carbocycles. The zero-order chi connectivity index (χ0) is 9.14. The SMILES string of the molecule is CC(N)C(O)c1ccc(Cl)cc1.Cl. The van der Waals surface area contributed by atoms with Crippen molar-refractivity contribution in [3.8, 4) is 0 Å². The zero-order valence-corrected chi connectivity index (χ0v) is 8.85. The first-order valence-corrected chi connectivity index (χ1v) is 4.18. The van der Waals surface area contributed by atoms with Crippen LogP contribution in [0.5, 0.6) is 0 Å². The summed E-state index contributed by atoms with van der Waals surface area (Å²) in [5.74, 6) is 0. The summed E-state index contributed by atoms with van der Waals surface area (Å²) in [4.78, 5) is 0. The molecule has 0 aliphatic rings. The van der Waals surface area contributed by atoms with Crippen LogP contribution in [-0.2, 0) is 0 Å². The van der Waals surface area contributed by atoms with Gasteiger partial charge >= 0.3 is 0 Å². The van der Waals surface area contributed by atoms with Crippen LogP contribution < -0.4 is 5.73 Å². The molecule has 0 amide bonds. The van der Waals surface area contributed by atoms with E-state index in [1.54, 1.807) is 31.2 Å². The van der Waals surface area contributed by atoms with Gasteiger partial charge in [0.05, 0.1) is 6.10 Å². The molecule has 0 radical (unpaired) electrons. The molecule has 74 valence electrons. The van der Waals surface area contributed by atoms with Crippen molar-refractivity contribution >= 4 is 24.0 Å². The fraction of sp³-hybridized carbons (Fsp3) is 0.333. The van der Waals surface area contributed by atoms with Gasteiger partial charge in [-0.15, -0.1) is 12.4 Å². The van der Waals surface area contributed by atoms with Gasteiger partial charge in [0.1, 0.15) is 0 Å². The molecule has 3 N–H and O–H groups in total. The van der Waals surface area contributed by atoms with E-state index >= 15 is 0 Å². The highest BCUT2D eigenvalue weighted by Crippen LogP contribution is 2.17. The number of aliphatic hydroxyl groups excluding tert-OH is 1. The first-order chi connectivity index (χ1) is 5.61. The van der Waals surface area contributed by atoms with Gasteiger partial charge in [-0.25, -0.2) is 0 Å². The van der Waals surface area contributed by atoms with E-state index in [4.69, 9.17) is 17.3 Å². The fourth-order valence-corrected chi connectivity index (χ4v) is 1.09. The van der Waals surface area contributed by atoms with Gasteiger partial charge in [-0.2, -0.15) is 0 Å². The third kappa shape index (κ3) is 3.53. The van der Waals surface area contributed by atoms with Crippen LogP contribution in [0.25, 0.3) is 0 Å². The average molecular weight is 222 g/mol. The highest BCUT2D eigenvalue weighted by molar-refractivity contribution is 6.30. The summed E-state index contributed by atoms with van der Waals surface area (Å²) in [5, 5.41) is 10.2. The summed E-state index contributed by atoms with van der Waals surface area (Å²) >= 11 is 5.68. The minimum Gasteiger partial charge on any atom is -0.387 e. The molecule has 1 aromatic rings. The monoisotopic (exact) mass is 221 g/mol. The number of hydrogen-bond acceptors (Lipinski definition) is 2. The van der Waals surface area contributed by atoms with Crippen molar-refractivity contribution in [1.82, 2.24) is 0 Å². The Hall–Kier alpha value is -0.280. The van der Waals surface area contributed by atoms with Crippen LogP contribution >= 0.6 is 24.0 Å². The van der Waals surface area contributed by atoms with Crippen molar-refractivity contribution in [3.63, 3.8) is 0 Å². The second-order valence-electron chi connectivity index (χ2n) is 2.86. The van der Waals surface area contributed by atoms with Crippen molar-refractivity contribution in [2.24, 2.45) is 5.73 Å². The molecule has 2 atom stereocenters. The van der Waals surface area contributed by atoms with E-state index in [1.165, 1.54) is 0 Å². The standard InChI is InChI=1S/C9H12ClNO.ClH/c1-6(11)9(12)7-2-4-8(10)5-3-7;/h2-6,9,12H,11H2,1H3;1H. The minimum atomic E-state index is -0.609. The maximum Gasteiger partial charge on any atom is 0.0938 e. The molecular weight excluding hydrogens is 209 g/mol. The second-order valence-corrected chi connectivity index (χ2v) is 3.29. The topological polar surface area (TPSA) is 46.2 Å². The molecule has 0 aliphatic carbocycles. The van der Waals surface area contributed by atoms with E-state index in [2.05, 4.69) is 0 Å². The van der Waals surface area contributed by atoms with Gasteiger partial charge in [-0.1, -0.05) is 23.7 Å². The Morgan fingerprint density at radius 2 is 1.77 bits per heavy atom. The Morgan fingerprint density at radius 1 is 1.31 bits per heavy atom. The molecule has 0 fully saturated rings. The molecule has 1 rings (SSSR count). The lowest BCUT2D eigenvalue weighted by atomic mass is 10.0. The Balaban J connectivity index is 0.00000144. The number of rotatable bonds is 2. The largest absolute Gasteiger partial charge is 0.387 e. The number of nitrogens with two attached hydrogens (primary N) is 1. The van der Waals surface area contributed by atoms with Crippen LogP contribution in [-0.4, -0.2) is 11.1 Å². The molecule has 0 aromatic heterocycles. The Bertz CT molecular complexity index is 248. The van der Waals surface area contributed by atoms with Gasteiger partial charge < -0.3 is 10.8 Å². The van der Waals surface area contributed by atoms with E-state index in [-0.39, 0.29) is 18.4 Å². The van der Waals surface area contributed by atoms with Crippen molar-refractivity contribution in [2.75, 3.05) is 0 Å². The third-order valence-corrected chi connectivity index (χ3v) is 1.96. The van der Waals surface area contributed by atoms with Gasteiger partial charge in [0.2, 0.25) is 0 Å². The number of hydrogen-bond donors (Lipinski definition) is 2. The van der Waals surface area contributed by atoms with Crippen LogP contribution in [0.1, 0.15) is 18.6 Å². The summed E-state index contributed by atoms with van der Waals surface area (Å²) < 4.78 is 0. The van der Waals surface area contributed by atoms with Crippen LogP contribution in [0, 0.1) is 0 Å². The van der Waals surface area contributed by atoms with E-state index in [0.29, 0.717) is 5.02 Å². The van der Waals surface area contributed by atoms with Crippen LogP contribution in [0.3, 0.4) is 0 Å². The van der Waals surface area contributed by atoms with Gasteiger partial charge in [-0.3, -0.25) is 0 Å². The van der Waals surface area contributed by atoms with E-state index in [0.717, 1.165) is 5.56 Å². The lowest BCUT2D eigenvalue weighted by molar-refractivity contribution is 0.153. The van der Waals surface area contributed by atoms with E-state index in [9.17, 15) is 5.11 Å². The lowest BCUT2D eigenvalue weighted by Crippen LogP contribution is -2.24. The van der Waals surface area contributed by atoms with Gasteiger partial charge in [0, 0.05) is 11.1 Å². The molecule has 0 heterocycles. The van der Waals surface area contributed by atoms with Gasteiger partial charge in [-0.05, 0) is 24.6 Å². The van der Waals surface area contributed by atoms with Crippen molar-refractivity contribution in [3.05, 3.63) is 34.9 Å². The lowest BCUT2D eigenvalue weighted by Gasteiger charge is -2.14. The molecule has 2 unspecified atom stereocenters. The number of aliphatic hydroxyl groups is 1. The maximum atomic E-state index is 9.52. The third-order valence-electron chi connectivity index (χ3n) is 1.71. The van der Waals surface area contributed by atoms with E-state index < -0.39 is 6.10 Å². The normalized spacial score (nSPS) is 14.5. The Labute approximate surface area is 89.1 Å². The second kappa shape index (κ2) is 5.45. The Kier molecular flexibility index (Phi) is 5.33. The number of halogens is 2. The predicted octanol–water partition coefficient (Wildman–Crippen LogP) is 2.14. The van der Waals surface area contributed by atoms with Crippen molar-refractivity contribution in [1.29, 1.82) is 0 Å². The van der Waals surface area contributed by atoms with Crippen molar-refractivity contribution in [2.45, 2.75) is 19.1 Å². The molecule has 4 heteroatoms. The van der Waals surface area contributed by atoms with Crippen LogP contribution in [0.4, 0.5) is 0 Å². The zero-order valence-electron chi connectivity index (χ0n) is 7.27. The smallest absolute Gasteiger partial charge is 0.0938 e. The molecule has 2 nitrogen and oxygen atoms in total. The average Bonchev–Trinajstić information content (AvgIpc) is 2.04. The highest BCUT2D eigenvalue weighted by atomic mass is 35.5. The van der Waals surface area contributed by atoms with Crippen LogP contribution in [0.15, 0.2) is 24.3 Å². The fourth-order valence-electron chi connectivity index (χ4n) is 0.964. The number of benzene rings is 1. The quantitative estimate of drug-likeness (QED) is 0.805. The molecular formula is C9H13Cl2NO. The molecule has 0 aliphatic heterocycles.